The normalized spacial score (nSPS) is 20.3. The van der Waals surface area contributed by atoms with Crippen molar-refractivity contribution >= 4 is 42.9 Å². The van der Waals surface area contributed by atoms with Gasteiger partial charge in [-0.15, -0.1) is 5.10 Å². The molecule has 194 valence electrons. The maximum Gasteiger partial charge on any atom is 0.245 e. The predicted molar refractivity (Wildman–Crippen MR) is 134 cm³/mol. The molecular formula is C23H21ClFN5O5S2. The van der Waals surface area contributed by atoms with E-state index in [0.29, 0.717) is 23.4 Å². The molecule has 2 N–H and O–H groups in total. The Morgan fingerprint density at radius 1 is 1.22 bits per heavy atom. The lowest BCUT2D eigenvalue weighted by Crippen LogP contribution is -2.45. The number of nitrogens with two attached hydrogens (primary N) is 1. The van der Waals surface area contributed by atoms with E-state index < -0.39 is 52.8 Å². The van der Waals surface area contributed by atoms with Crippen molar-refractivity contribution in [2.24, 2.45) is 5.73 Å². The first kappa shape index (κ1) is 25.6. The van der Waals surface area contributed by atoms with Gasteiger partial charge in [-0.25, -0.2) is 26.2 Å². The summed E-state index contributed by atoms with van der Waals surface area (Å²) in [6, 6.07) is 7.17. The molecule has 1 aliphatic heterocycles. The highest BCUT2D eigenvalue weighted by atomic mass is 35.5. The van der Waals surface area contributed by atoms with Crippen molar-refractivity contribution in [3.63, 3.8) is 0 Å². The summed E-state index contributed by atoms with van der Waals surface area (Å²) in [5.74, 6) is -2.58. The summed E-state index contributed by atoms with van der Waals surface area (Å²) in [7, 11) is -7.67. The third-order valence-electron chi connectivity index (χ3n) is 6.59. The first-order chi connectivity index (χ1) is 17.3. The van der Waals surface area contributed by atoms with E-state index in [1.807, 2.05) is 0 Å². The Labute approximate surface area is 217 Å². The molecule has 0 spiro atoms. The monoisotopic (exact) mass is 565 g/mol. The lowest BCUT2D eigenvalue weighted by Gasteiger charge is -2.25. The van der Waals surface area contributed by atoms with E-state index in [4.69, 9.17) is 17.3 Å². The van der Waals surface area contributed by atoms with Crippen LogP contribution in [-0.2, 0) is 35.8 Å². The predicted octanol–water partition coefficient (Wildman–Crippen LogP) is 2.01. The molecule has 2 heterocycles. The standard InChI is InChI=1S/C23H21ClFN5O5S2/c1-36(32,33)23(6-7-23)20-10-27-29-21(28-20)15-8-18-19(9-16(15)25)37(34,35)12-17(26)22(31)30(18)11-13-2-4-14(24)5-3-13/h2-5,8-10,17H,6-7,11-12,26H2,1H3/t17-/m0/s1. The number of sulfone groups is 2. The largest absolute Gasteiger partial charge is 0.319 e. The van der Waals surface area contributed by atoms with Gasteiger partial charge in [-0.05, 0) is 42.7 Å². The van der Waals surface area contributed by atoms with Crippen LogP contribution in [0.4, 0.5) is 10.1 Å². The number of nitrogens with zero attached hydrogens (tertiary/aromatic N) is 4. The highest BCUT2D eigenvalue weighted by Crippen LogP contribution is 2.51. The van der Waals surface area contributed by atoms with Crippen molar-refractivity contribution in [3.05, 3.63) is 64.7 Å². The SMILES string of the molecule is CS(=O)(=O)C1(c2cnnc(-c3cc4c(cc3F)S(=O)(=O)C[C@H](N)C(=O)N4Cc3ccc(Cl)cc3)n2)CC1. The van der Waals surface area contributed by atoms with Gasteiger partial charge in [0.1, 0.15) is 10.6 Å². The van der Waals surface area contributed by atoms with Gasteiger partial charge in [-0.3, -0.25) is 4.79 Å². The molecule has 1 aliphatic carbocycles. The smallest absolute Gasteiger partial charge is 0.245 e. The minimum absolute atomic E-state index is 0.0619. The van der Waals surface area contributed by atoms with Gasteiger partial charge in [0.25, 0.3) is 0 Å². The highest BCUT2D eigenvalue weighted by Gasteiger charge is 2.55. The van der Waals surface area contributed by atoms with Gasteiger partial charge in [0.05, 0.1) is 46.4 Å². The van der Waals surface area contributed by atoms with Crippen LogP contribution in [0, 0.1) is 5.82 Å². The number of fused-ring (bicyclic) bond motifs is 1. The fourth-order valence-electron chi connectivity index (χ4n) is 4.39. The maximum atomic E-state index is 15.4. The molecule has 2 aliphatic rings. The van der Waals surface area contributed by atoms with Crippen molar-refractivity contribution in [1.29, 1.82) is 0 Å². The summed E-state index contributed by atoms with van der Waals surface area (Å²) in [6.07, 6.45) is 3.00. The van der Waals surface area contributed by atoms with Crippen LogP contribution in [0.5, 0.6) is 0 Å². The third kappa shape index (κ3) is 4.49. The molecule has 1 fully saturated rings. The quantitative estimate of drug-likeness (QED) is 0.489. The fourth-order valence-corrected chi connectivity index (χ4v) is 7.41. The molecule has 1 amide bonds. The average Bonchev–Trinajstić information content (AvgIpc) is 3.66. The average molecular weight is 566 g/mol. The minimum Gasteiger partial charge on any atom is -0.319 e. The zero-order valence-electron chi connectivity index (χ0n) is 19.4. The Morgan fingerprint density at radius 3 is 2.51 bits per heavy atom. The van der Waals surface area contributed by atoms with Crippen LogP contribution in [0.2, 0.25) is 5.02 Å². The second-order valence-corrected chi connectivity index (χ2v) is 13.9. The minimum atomic E-state index is -4.14. The molecule has 0 radical (unpaired) electrons. The Hall–Kier alpha value is -3.00. The number of carbonyl (C=O) groups is 1. The molecule has 0 bridgehead atoms. The van der Waals surface area contributed by atoms with Gasteiger partial charge in [-0.1, -0.05) is 23.7 Å². The van der Waals surface area contributed by atoms with Gasteiger partial charge >= 0.3 is 0 Å². The van der Waals surface area contributed by atoms with Crippen LogP contribution in [0.15, 0.2) is 47.5 Å². The van der Waals surface area contributed by atoms with Crippen LogP contribution in [0.3, 0.4) is 0 Å². The molecule has 10 nitrogen and oxygen atoms in total. The van der Waals surface area contributed by atoms with Gasteiger partial charge in [0.2, 0.25) is 5.91 Å². The van der Waals surface area contributed by atoms with Crippen LogP contribution in [-0.4, -0.2) is 56.0 Å². The number of hydrogen-bond acceptors (Lipinski definition) is 9. The first-order valence-corrected chi connectivity index (χ1v) is 15.0. The topological polar surface area (TPSA) is 153 Å². The molecule has 1 atom stereocenters. The molecule has 1 saturated carbocycles. The zero-order valence-corrected chi connectivity index (χ0v) is 21.8. The van der Waals surface area contributed by atoms with Crippen molar-refractivity contribution in [2.45, 2.75) is 35.1 Å². The Balaban J connectivity index is 1.67. The van der Waals surface area contributed by atoms with Crippen LogP contribution >= 0.6 is 11.6 Å². The second kappa shape index (κ2) is 8.79. The zero-order chi connectivity index (χ0) is 26.8. The van der Waals surface area contributed by atoms with E-state index in [1.165, 1.54) is 11.1 Å². The molecule has 3 aromatic rings. The fraction of sp³-hybridized carbons (Fsp3) is 0.304. The van der Waals surface area contributed by atoms with E-state index >= 15 is 4.39 Å². The van der Waals surface area contributed by atoms with Gasteiger partial charge in [-0.2, -0.15) is 5.10 Å². The highest BCUT2D eigenvalue weighted by molar-refractivity contribution is 7.92. The Kier molecular flexibility index (Phi) is 6.09. The number of halogens is 2. The Bertz CT molecular complexity index is 1640. The lowest BCUT2D eigenvalue weighted by molar-refractivity contribution is -0.119. The summed E-state index contributed by atoms with van der Waals surface area (Å²) in [4.78, 5) is 18.3. The van der Waals surface area contributed by atoms with Crippen LogP contribution in [0.1, 0.15) is 24.1 Å². The number of amides is 1. The van der Waals surface area contributed by atoms with Gasteiger partial charge in [0.15, 0.2) is 25.5 Å². The van der Waals surface area contributed by atoms with Crippen molar-refractivity contribution in [2.75, 3.05) is 16.9 Å². The first-order valence-electron chi connectivity index (χ1n) is 11.1. The number of hydrogen-bond donors (Lipinski definition) is 1. The van der Waals surface area contributed by atoms with E-state index in [0.717, 1.165) is 18.4 Å². The van der Waals surface area contributed by atoms with Gasteiger partial charge < -0.3 is 10.6 Å². The second-order valence-electron chi connectivity index (χ2n) is 9.17. The molecule has 0 saturated heterocycles. The third-order valence-corrected chi connectivity index (χ3v) is 10.7. The number of aromatic nitrogens is 3. The molecule has 5 rings (SSSR count). The van der Waals surface area contributed by atoms with Crippen molar-refractivity contribution in [3.8, 4) is 11.4 Å². The number of rotatable bonds is 5. The lowest BCUT2D eigenvalue weighted by atomic mass is 10.1. The van der Waals surface area contributed by atoms with Gasteiger partial charge in [0, 0.05) is 11.3 Å². The van der Waals surface area contributed by atoms with Crippen LogP contribution < -0.4 is 10.6 Å². The number of benzene rings is 2. The number of carbonyl (C=O) groups excluding carboxylic acids is 1. The summed E-state index contributed by atoms with van der Waals surface area (Å²) in [6.45, 7) is -0.0619. The number of anilines is 1. The molecule has 1 aromatic heterocycles. The van der Waals surface area contributed by atoms with Crippen molar-refractivity contribution < 1.29 is 26.0 Å². The van der Waals surface area contributed by atoms with E-state index in [1.54, 1.807) is 24.3 Å². The molecule has 2 aromatic carbocycles. The summed E-state index contributed by atoms with van der Waals surface area (Å²) in [5, 5.41) is 8.17. The molecular weight excluding hydrogens is 545 g/mol. The summed E-state index contributed by atoms with van der Waals surface area (Å²) in [5.41, 5.74) is 6.35. The van der Waals surface area contributed by atoms with E-state index in [9.17, 15) is 21.6 Å². The van der Waals surface area contributed by atoms with Crippen molar-refractivity contribution in [1.82, 2.24) is 15.2 Å². The molecule has 0 unspecified atom stereocenters. The van der Waals surface area contributed by atoms with Crippen LogP contribution in [0.25, 0.3) is 11.4 Å². The van der Waals surface area contributed by atoms with E-state index in [-0.39, 0.29) is 29.3 Å². The molecule has 14 heteroatoms. The molecule has 37 heavy (non-hydrogen) atoms. The summed E-state index contributed by atoms with van der Waals surface area (Å²) < 4.78 is 64.9. The Morgan fingerprint density at radius 2 is 1.89 bits per heavy atom. The maximum absolute atomic E-state index is 15.4. The summed E-state index contributed by atoms with van der Waals surface area (Å²) >= 11 is 5.96. The van der Waals surface area contributed by atoms with E-state index in [2.05, 4.69) is 15.2 Å².